The number of fused-ring (bicyclic) bond motifs is 3. The summed E-state index contributed by atoms with van der Waals surface area (Å²) in [6, 6.07) is 25.2. The molecule has 0 atom stereocenters. The van der Waals surface area contributed by atoms with Crippen molar-refractivity contribution in [3.63, 3.8) is 0 Å². The van der Waals surface area contributed by atoms with E-state index in [9.17, 15) is 15.3 Å². The van der Waals surface area contributed by atoms with Gasteiger partial charge in [-0.05, 0) is 69.4 Å². The molecule has 4 heteroatoms. The molecule has 0 aliphatic heterocycles. The first-order valence-corrected chi connectivity index (χ1v) is 8.76. The summed E-state index contributed by atoms with van der Waals surface area (Å²) in [5, 5.41) is 43.1. The summed E-state index contributed by atoms with van der Waals surface area (Å²) in [6.07, 6.45) is 0. The molecule has 5 aromatic rings. The Balaban J connectivity index is 0.000000143. The van der Waals surface area contributed by atoms with Crippen LogP contribution < -0.4 is 0 Å². The van der Waals surface area contributed by atoms with Gasteiger partial charge in [0.2, 0.25) is 0 Å². The van der Waals surface area contributed by atoms with Gasteiger partial charge in [0, 0.05) is 5.39 Å². The van der Waals surface area contributed by atoms with Crippen LogP contribution in [0, 0.1) is 0 Å². The Hall–Kier alpha value is -3.92. The maximum Gasteiger partial charge on any atom is 0.165 e. The van der Waals surface area contributed by atoms with Crippen molar-refractivity contribution in [2.75, 3.05) is 0 Å². The second-order valence-corrected chi connectivity index (χ2v) is 6.57. The molecular weight excluding hydrogens is 352 g/mol. The molecule has 0 unspecified atom stereocenters. The Morgan fingerprint density at radius 3 is 1.61 bits per heavy atom. The van der Waals surface area contributed by atoms with Crippen LogP contribution in [0.2, 0.25) is 0 Å². The third-order valence-corrected chi connectivity index (χ3v) is 4.64. The Labute approximate surface area is 161 Å². The topological polar surface area (TPSA) is 80.9 Å². The summed E-state index contributed by atoms with van der Waals surface area (Å²) >= 11 is 0. The van der Waals surface area contributed by atoms with E-state index in [0.29, 0.717) is 5.39 Å². The van der Waals surface area contributed by atoms with E-state index in [4.69, 9.17) is 5.11 Å². The van der Waals surface area contributed by atoms with E-state index in [-0.39, 0.29) is 23.0 Å². The summed E-state index contributed by atoms with van der Waals surface area (Å²) in [5.41, 5.74) is 0. The highest BCUT2D eigenvalue weighted by Gasteiger charge is 2.02. The van der Waals surface area contributed by atoms with Gasteiger partial charge < -0.3 is 20.4 Å². The minimum Gasteiger partial charge on any atom is -0.508 e. The van der Waals surface area contributed by atoms with Gasteiger partial charge >= 0.3 is 0 Å². The predicted octanol–water partition coefficient (Wildman–Crippen LogP) is 5.66. The molecule has 28 heavy (non-hydrogen) atoms. The van der Waals surface area contributed by atoms with E-state index >= 15 is 0 Å². The predicted molar refractivity (Wildman–Crippen MR) is 112 cm³/mol. The van der Waals surface area contributed by atoms with Gasteiger partial charge in [-0.1, -0.05) is 42.5 Å². The SMILES string of the molecule is Oc1ccc2cc3ccc(O)cc3cc2c1.Oc1ccc2ccccc2c1O. The summed E-state index contributed by atoms with van der Waals surface area (Å²) < 4.78 is 0. The number of hydrogen-bond donors (Lipinski definition) is 4. The molecule has 0 saturated carbocycles. The molecule has 0 amide bonds. The lowest BCUT2D eigenvalue weighted by Crippen LogP contribution is -1.76. The van der Waals surface area contributed by atoms with Crippen LogP contribution in [-0.2, 0) is 0 Å². The highest BCUT2D eigenvalue weighted by Crippen LogP contribution is 2.32. The lowest BCUT2D eigenvalue weighted by Gasteiger charge is -2.03. The van der Waals surface area contributed by atoms with E-state index in [2.05, 4.69) is 0 Å². The number of rotatable bonds is 0. The lowest BCUT2D eigenvalue weighted by molar-refractivity contribution is 0.408. The van der Waals surface area contributed by atoms with E-state index in [1.54, 1.807) is 36.4 Å². The van der Waals surface area contributed by atoms with Crippen molar-refractivity contribution in [2.24, 2.45) is 0 Å². The average molecular weight is 370 g/mol. The third kappa shape index (κ3) is 3.35. The largest absolute Gasteiger partial charge is 0.508 e. The van der Waals surface area contributed by atoms with Gasteiger partial charge in [0.1, 0.15) is 11.5 Å². The number of phenols is 4. The van der Waals surface area contributed by atoms with Crippen molar-refractivity contribution in [2.45, 2.75) is 0 Å². The zero-order chi connectivity index (χ0) is 19.7. The first kappa shape index (κ1) is 17.5. The van der Waals surface area contributed by atoms with Crippen molar-refractivity contribution >= 4 is 32.3 Å². The van der Waals surface area contributed by atoms with Gasteiger partial charge in [0.15, 0.2) is 11.5 Å². The molecule has 0 spiro atoms. The molecule has 4 nitrogen and oxygen atoms in total. The molecule has 0 radical (unpaired) electrons. The van der Waals surface area contributed by atoms with Crippen LogP contribution >= 0.6 is 0 Å². The summed E-state index contributed by atoms with van der Waals surface area (Å²) in [6.45, 7) is 0. The molecule has 0 aromatic heterocycles. The number of hydrogen-bond acceptors (Lipinski definition) is 4. The molecule has 5 rings (SSSR count). The smallest absolute Gasteiger partial charge is 0.165 e. The van der Waals surface area contributed by atoms with E-state index in [0.717, 1.165) is 26.9 Å². The Morgan fingerprint density at radius 1 is 0.429 bits per heavy atom. The van der Waals surface area contributed by atoms with Crippen LogP contribution in [0.5, 0.6) is 23.0 Å². The Morgan fingerprint density at radius 2 is 0.964 bits per heavy atom. The maximum atomic E-state index is 9.41. The molecule has 0 saturated heterocycles. The monoisotopic (exact) mass is 370 g/mol. The first-order valence-electron chi connectivity index (χ1n) is 8.76. The fraction of sp³-hybridized carbons (Fsp3) is 0. The Kier molecular flexibility index (Phi) is 4.38. The molecule has 138 valence electrons. The highest BCUT2D eigenvalue weighted by molar-refractivity contribution is 5.99. The molecular formula is C24H18O4. The lowest BCUT2D eigenvalue weighted by atomic mass is 10.0. The third-order valence-electron chi connectivity index (χ3n) is 4.64. The van der Waals surface area contributed by atoms with Crippen molar-refractivity contribution < 1.29 is 20.4 Å². The van der Waals surface area contributed by atoms with Gasteiger partial charge in [0.25, 0.3) is 0 Å². The summed E-state index contributed by atoms with van der Waals surface area (Å²) in [5.74, 6) is 0.390. The van der Waals surface area contributed by atoms with Crippen molar-refractivity contribution in [3.8, 4) is 23.0 Å². The van der Waals surface area contributed by atoms with Crippen molar-refractivity contribution in [1.29, 1.82) is 0 Å². The standard InChI is InChI=1S/C14H10O2.C10H8O2/c15-13-3-1-9-5-10-2-4-14(16)8-12(10)6-11(9)7-13;11-9-6-5-7-3-1-2-4-8(7)10(9)12/h1-8,15-16H;1-6,11-12H. The number of phenolic OH excluding ortho intramolecular Hbond substituents is 4. The van der Waals surface area contributed by atoms with Gasteiger partial charge in [-0.2, -0.15) is 0 Å². The van der Waals surface area contributed by atoms with Crippen LogP contribution in [-0.4, -0.2) is 20.4 Å². The summed E-state index contributed by atoms with van der Waals surface area (Å²) in [7, 11) is 0. The first-order chi connectivity index (χ1) is 13.5. The number of aromatic hydroxyl groups is 4. The average Bonchev–Trinajstić information content (AvgIpc) is 2.70. The molecule has 0 aliphatic rings. The van der Waals surface area contributed by atoms with E-state index < -0.39 is 0 Å². The minimum atomic E-state index is -0.0753. The zero-order valence-corrected chi connectivity index (χ0v) is 14.9. The van der Waals surface area contributed by atoms with E-state index in [1.807, 2.05) is 42.5 Å². The van der Waals surface area contributed by atoms with Gasteiger partial charge in [-0.25, -0.2) is 0 Å². The molecule has 5 aromatic carbocycles. The quantitative estimate of drug-likeness (QED) is 0.210. The zero-order valence-electron chi connectivity index (χ0n) is 14.9. The normalized spacial score (nSPS) is 10.7. The Bertz CT molecular complexity index is 1250. The molecule has 0 bridgehead atoms. The second-order valence-electron chi connectivity index (χ2n) is 6.57. The fourth-order valence-electron chi connectivity index (χ4n) is 3.22. The van der Waals surface area contributed by atoms with Crippen LogP contribution in [0.25, 0.3) is 32.3 Å². The van der Waals surface area contributed by atoms with Crippen LogP contribution in [0.1, 0.15) is 0 Å². The molecule has 4 N–H and O–H groups in total. The molecule has 0 aliphatic carbocycles. The second kappa shape index (κ2) is 7.00. The van der Waals surface area contributed by atoms with Gasteiger partial charge in [-0.3, -0.25) is 0 Å². The van der Waals surface area contributed by atoms with Crippen LogP contribution in [0.4, 0.5) is 0 Å². The van der Waals surface area contributed by atoms with Crippen molar-refractivity contribution in [1.82, 2.24) is 0 Å². The maximum absolute atomic E-state index is 9.41. The van der Waals surface area contributed by atoms with Crippen LogP contribution in [0.15, 0.2) is 84.9 Å². The summed E-state index contributed by atoms with van der Waals surface area (Å²) in [4.78, 5) is 0. The number of benzene rings is 5. The van der Waals surface area contributed by atoms with Gasteiger partial charge in [0.05, 0.1) is 0 Å². The molecule has 0 heterocycles. The van der Waals surface area contributed by atoms with Crippen LogP contribution in [0.3, 0.4) is 0 Å². The van der Waals surface area contributed by atoms with Crippen molar-refractivity contribution in [3.05, 3.63) is 84.9 Å². The van der Waals surface area contributed by atoms with E-state index in [1.165, 1.54) is 6.07 Å². The minimum absolute atomic E-state index is 0.0481. The highest BCUT2D eigenvalue weighted by atomic mass is 16.3. The van der Waals surface area contributed by atoms with Gasteiger partial charge in [-0.15, -0.1) is 0 Å². The fourth-order valence-corrected chi connectivity index (χ4v) is 3.22. The molecule has 0 fully saturated rings.